The van der Waals surface area contributed by atoms with Crippen molar-refractivity contribution in [2.45, 2.75) is 19.4 Å². The normalized spacial score (nSPS) is 20.1. The molecule has 6 heteroatoms. The number of aromatic nitrogens is 2. The summed E-state index contributed by atoms with van der Waals surface area (Å²) in [6, 6.07) is 11.6. The Morgan fingerprint density at radius 2 is 1.96 bits per heavy atom. The van der Waals surface area contributed by atoms with Crippen LogP contribution < -0.4 is 10.2 Å². The highest BCUT2D eigenvalue weighted by Gasteiger charge is 2.44. The molecule has 1 aliphatic rings. The average molecular weight is 326 g/mol. The van der Waals surface area contributed by atoms with E-state index in [1.165, 1.54) is 0 Å². The van der Waals surface area contributed by atoms with Crippen LogP contribution in [0.2, 0.25) is 0 Å². The van der Waals surface area contributed by atoms with Gasteiger partial charge in [-0.2, -0.15) is 0 Å². The minimum Gasteiger partial charge on any atom is -0.396 e. The van der Waals surface area contributed by atoms with Gasteiger partial charge in [-0.05, 0) is 24.5 Å². The van der Waals surface area contributed by atoms with Gasteiger partial charge in [0.1, 0.15) is 0 Å². The number of amides is 1. The van der Waals surface area contributed by atoms with Gasteiger partial charge in [0.25, 0.3) is 0 Å². The molecule has 0 radical (unpaired) electrons. The molecule has 0 bridgehead atoms. The van der Waals surface area contributed by atoms with Gasteiger partial charge < -0.3 is 15.3 Å². The smallest absolute Gasteiger partial charge is 0.228 e. The van der Waals surface area contributed by atoms with Crippen LogP contribution in [0.5, 0.6) is 0 Å². The number of aliphatic hydroxyl groups is 1. The maximum Gasteiger partial charge on any atom is 0.228 e. The van der Waals surface area contributed by atoms with Crippen molar-refractivity contribution < 1.29 is 9.90 Å². The third-order valence-electron chi connectivity index (χ3n) is 4.56. The lowest BCUT2D eigenvalue weighted by Crippen LogP contribution is -2.43. The summed E-state index contributed by atoms with van der Waals surface area (Å²) in [5.41, 5.74) is 0.467. The van der Waals surface area contributed by atoms with Gasteiger partial charge in [-0.25, -0.2) is 9.97 Å². The predicted octanol–water partition coefficient (Wildman–Crippen LogP) is 1.37. The van der Waals surface area contributed by atoms with E-state index in [2.05, 4.69) is 15.3 Å². The van der Waals surface area contributed by atoms with E-state index in [1.807, 2.05) is 35.2 Å². The molecule has 1 saturated heterocycles. The van der Waals surface area contributed by atoms with E-state index in [-0.39, 0.29) is 12.5 Å². The second-order valence-electron chi connectivity index (χ2n) is 6.14. The van der Waals surface area contributed by atoms with E-state index in [1.54, 1.807) is 18.5 Å². The van der Waals surface area contributed by atoms with Gasteiger partial charge >= 0.3 is 0 Å². The number of anilines is 1. The number of nitrogens with one attached hydrogen (secondary N) is 1. The van der Waals surface area contributed by atoms with Crippen molar-refractivity contribution in [2.75, 3.05) is 24.6 Å². The summed E-state index contributed by atoms with van der Waals surface area (Å²) in [6.07, 6.45) is 4.52. The van der Waals surface area contributed by atoms with Crippen LogP contribution in [0, 0.1) is 5.41 Å². The van der Waals surface area contributed by atoms with E-state index in [4.69, 9.17) is 0 Å². The third kappa shape index (κ3) is 3.54. The number of aliphatic hydroxyl groups excluding tert-OH is 1. The van der Waals surface area contributed by atoms with Crippen molar-refractivity contribution in [1.82, 2.24) is 15.3 Å². The molecule has 0 aliphatic carbocycles. The summed E-state index contributed by atoms with van der Waals surface area (Å²) in [4.78, 5) is 23.3. The van der Waals surface area contributed by atoms with Crippen LogP contribution in [0.25, 0.3) is 0 Å². The number of rotatable bonds is 6. The van der Waals surface area contributed by atoms with Gasteiger partial charge in [-0.1, -0.05) is 30.3 Å². The highest BCUT2D eigenvalue weighted by molar-refractivity contribution is 5.84. The summed E-state index contributed by atoms with van der Waals surface area (Å²) in [7, 11) is 0. The molecule has 1 unspecified atom stereocenters. The van der Waals surface area contributed by atoms with Crippen molar-refractivity contribution in [2.24, 2.45) is 5.41 Å². The van der Waals surface area contributed by atoms with E-state index in [0.717, 1.165) is 5.56 Å². The molecule has 3 rings (SSSR count). The molecule has 2 aromatic rings. The first kappa shape index (κ1) is 16.4. The fourth-order valence-electron chi connectivity index (χ4n) is 3.18. The highest BCUT2D eigenvalue weighted by Crippen LogP contribution is 2.35. The fourth-order valence-corrected chi connectivity index (χ4v) is 3.18. The Hall–Kier alpha value is -2.47. The van der Waals surface area contributed by atoms with Crippen molar-refractivity contribution >= 4 is 11.9 Å². The molecule has 1 aromatic heterocycles. The number of carbonyl (C=O) groups is 1. The minimum atomic E-state index is -0.595. The Kier molecular flexibility index (Phi) is 5.05. The monoisotopic (exact) mass is 326 g/mol. The molecule has 1 aromatic carbocycles. The van der Waals surface area contributed by atoms with Crippen LogP contribution in [-0.4, -0.2) is 40.7 Å². The Morgan fingerprint density at radius 1 is 1.21 bits per heavy atom. The van der Waals surface area contributed by atoms with Crippen LogP contribution in [0.4, 0.5) is 5.95 Å². The molecular formula is C18H22N4O2. The van der Waals surface area contributed by atoms with E-state index in [9.17, 15) is 9.90 Å². The topological polar surface area (TPSA) is 78.4 Å². The zero-order valence-electron chi connectivity index (χ0n) is 13.6. The van der Waals surface area contributed by atoms with Crippen molar-refractivity contribution in [3.8, 4) is 0 Å². The summed E-state index contributed by atoms with van der Waals surface area (Å²) in [6.45, 7) is 1.72. The van der Waals surface area contributed by atoms with Crippen LogP contribution >= 0.6 is 0 Å². The second-order valence-corrected chi connectivity index (χ2v) is 6.14. The van der Waals surface area contributed by atoms with Gasteiger partial charge in [0.15, 0.2) is 0 Å². The molecule has 126 valence electrons. The average Bonchev–Trinajstić information content (AvgIpc) is 3.07. The molecule has 6 nitrogen and oxygen atoms in total. The van der Waals surface area contributed by atoms with Crippen LogP contribution in [0.15, 0.2) is 48.8 Å². The van der Waals surface area contributed by atoms with Crippen LogP contribution in [-0.2, 0) is 11.3 Å². The lowest BCUT2D eigenvalue weighted by molar-refractivity contribution is -0.131. The van der Waals surface area contributed by atoms with E-state index in [0.29, 0.717) is 38.4 Å². The van der Waals surface area contributed by atoms with Crippen molar-refractivity contribution in [3.63, 3.8) is 0 Å². The number of hydrogen-bond acceptors (Lipinski definition) is 5. The lowest BCUT2D eigenvalue weighted by atomic mass is 9.82. The zero-order chi connectivity index (χ0) is 16.8. The molecule has 0 saturated carbocycles. The molecule has 0 spiro atoms. The number of benzene rings is 1. The van der Waals surface area contributed by atoms with Crippen molar-refractivity contribution in [1.29, 1.82) is 0 Å². The number of hydrogen-bond donors (Lipinski definition) is 2. The Balaban J connectivity index is 1.68. The standard InChI is InChI=1S/C18H22N4O2/c23-12-8-18(16(24)21-13-15-5-2-1-3-6-15)7-11-22(14-18)17-19-9-4-10-20-17/h1-6,9-10,23H,7-8,11-14H2,(H,21,24). The Labute approximate surface area is 141 Å². The quantitative estimate of drug-likeness (QED) is 0.838. The largest absolute Gasteiger partial charge is 0.396 e. The van der Waals surface area contributed by atoms with Crippen molar-refractivity contribution in [3.05, 3.63) is 54.4 Å². The minimum absolute atomic E-state index is 0.0117. The van der Waals surface area contributed by atoms with Gasteiger partial charge in [-0.15, -0.1) is 0 Å². The Morgan fingerprint density at radius 3 is 2.67 bits per heavy atom. The first-order valence-corrected chi connectivity index (χ1v) is 8.19. The summed E-state index contributed by atoms with van der Waals surface area (Å²) >= 11 is 0. The number of carbonyl (C=O) groups excluding carboxylic acids is 1. The SMILES string of the molecule is O=C(NCc1ccccc1)C1(CCO)CCN(c2ncccn2)C1. The maximum atomic E-state index is 12.8. The lowest BCUT2D eigenvalue weighted by Gasteiger charge is -2.27. The molecule has 2 N–H and O–H groups in total. The third-order valence-corrected chi connectivity index (χ3v) is 4.56. The summed E-state index contributed by atoms with van der Waals surface area (Å²) in [5, 5.41) is 12.5. The molecule has 2 heterocycles. The van der Waals surface area contributed by atoms with Gasteiger partial charge in [0.05, 0.1) is 5.41 Å². The molecular weight excluding hydrogens is 304 g/mol. The second kappa shape index (κ2) is 7.40. The maximum absolute atomic E-state index is 12.8. The molecule has 1 aliphatic heterocycles. The molecule has 1 fully saturated rings. The number of nitrogens with zero attached hydrogens (tertiary/aromatic N) is 3. The predicted molar refractivity (Wildman–Crippen MR) is 91.3 cm³/mol. The zero-order valence-corrected chi connectivity index (χ0v) is 13.6. The highest BCUT2D eigenvalue weighted by atomic mass is 16.3. The summed E-state index contributed by atoms with van der Waals surface area (Å²) < 4.78 is 0. The van der Waals surface area contributed by atoms with Gasteiger partial charge in [-0.3, -0.25) is 4.79 Å². The summed E-state index contributed by atoms with van der Waals surface area (Å²) in [5.74, 6) is 0.618. The van der Waals surface area contributed by atoms with Gasteiger partial charge in [0, 0.05) is 38.6 Å². The molecule has 24 heavy (non-hydrogen) atoms. The first-order chi connectivity index (χ1) is 11.7. The fraction of sp³-hybridized carbons (Fsp3) is 0.389. The van der Waals surface area contributed by atoms with Crippen LogP contribution in [0.3, 0.4) is 0 Å². The van der Waals surface area contributed by atoms with E-state index >= 15 is 0 Å². The molecule has 1 atom stereocenters. The first-order valence-electron chi connectivity index (χ1n) is 8.19. The Bertz CT molecular complexity index is 665. The van der Waals surface area contributed by atoms with Gasteiger partial charge in [0.2, 0.25) is 11.9 Å². The molecule has 1 amide bonds. The van der Waals surface area contributed by atoms with E-state index < -0.39 is 5.41 Å². The van der Waals surface area contributed by atoms with Crippen LogP contribution in [0.1, 0.15) is 18.4 Å².